The van der Waals surface area contributed by atoms with Crippen molar-refractivity contribution in [1.82, 2.24) is 10.2 Å². The first-order valence-electron chi connectivity index (χ1n) is 10.7. The summed E-state index contributed by atoms with van der Waals surface area (Å²) in [5.41, 5.74) is 2.16. The second-order valence-corrected chi connectivity index (χ2v) is 9.64. The average molecular weight is 462 g/mol. The standard InChI is InChI=1S/C25H23N3O4S/c1-13(2)10-19-26-27-25(33-19)28-21(15-6-5-7-16(12-15)31-4)20-22(29)17-11-14(3)8-9-18(17)32-23(20)24(28)30/h5-9,11-13,21H,10H2,1-4H3/t21-/m1/s1. The number of hydrogen-bond donors (Lipinski definition) is 0. The molecule has 2 aromatic carbocycles. The van der Waals surface area contributed by atoms with E-state index in [0.717, 1.165) is 22.6 Å². The summed E-state index contributed by atoms with van der Waals surface area (Å²) in [6, 6.07) is 12.1. The number of fused-ring (bicyclic) bond motifs is 2. The highest BCUT2D eigenvalue weighted by Gasteiger charge is 2.45. The minimum Gasteiger partial charge on any atom is -0.497 e. The zero-order valence-corrected chi connectivity index (χ0v) is 19.6. The number of carbonyl (C=O) groups excluding carboxylic acids is 1. The first-order chi connectivity index (χ1) is 15.9. The quantitative estimate of drug-likeness (QED) is 0.420. The topological polar surface area (TPSA) is 85.5 Å². The minimum absolute atomic E-state index is 0.0461. The van der Waals surface area contributed by atoms with Gasteiger partial charge in [0.25, 0.3) is 5.91 Å². The van der Waals surface area contributed by atoms with Crippen molar-refractivity contribution in [2.24, 2.45) is 5.92 Å². The number of carbonyl (C=O) groups is 1. The molecule has 1 atom stereocenters. The molecule has 0 fully saturated rings. The van der Waals surface area contributed by atoms with E-state index in [9.17, 15) is 9.59 Å². The maximum Gasteiger partial charge on any atom is 0.297 e. The number of hydrogen-bond acceptors (Lipinski definition) is 7. The van der Waals surface area contributed by atoms with Crippen LogP contribution in [-0.4, -0.2) is 23.2 Å². The van der Waals surface area contributed by atoms with Gasteiger partial charge in [0, 0.05) is 6.42 Å². The number of aryl methyl sites for hydroxylation is 1. The van der Waals surface area contributed by atoms with Crippen molar-refractivity contribution in [3.8, 4) is 5.75 Å². The Morgan fingerprint density at radius 1 is 1.15 bits per heavy atom. The van der Waals surface area contributed by atoms with E-state index < -0.39 is 11.9 Å². The summed E-state index contributed by atoms with van der Waals surface area (Å²) in [6.45, 7) is 6.13. The van der Waals surface area contributed by atoms with Crippen molar-refractivity contribution in [2.75, 3.05) is 12.0 Å². The number of rotatable bonds is 5. The lowest BCUT2D eigenvalue weighted by Crippen LogP contribution is -2.29. The molecule has 4 aromatic rings. The van der Waals surface area contributed by atoms with Gasteiger partial charge >= 0.3 is 0 Å². The number of nitrogens with zero attached hydrogens (tertiary/aromatic N) is 3. The third-order valence-electron chi connectivity index (χ3n) is 5.68. The number of benzene rings is 2. The summed E-state index contributed by atoms with van der Waals surface area (Å²) < 4.78 is 11.4. The summed E-state index contributed by atoms with van der Waals surface area (Å²) in [4.78, 5) is 28.8. The first kappa shape index (κ1) is 21.3. The highest BCUT2D eigenvalue weighted by molar-refractivity contribution is 7.15. The molecule has 5 rings (SSSR count). The monoisotopic (exact) mass is 461 g/mol. The molecular formula is C25H23N3O4S. The summed E-state index contributed by atoms with van der Waals surface area (Å²) in [7, 11) is 1.58. The van der Waals surface area contributed by atoms with Gasteiger partial charge in [-0.05, 0) is 42.7 Å². The van der Waals surface area contributed by atoms with Crippen LogP contribution in [0.2, 0.25) is 0 Å². The third-order valence-corrected chi connectivity index (χ3v) is 6.63. The summed E-state index contributed by atoms with van der Waals surface area (Å²) in [5, 5.41) is 10.3. The number of aromatic nitrogens is 2. The van der Waals surface area contributed by atoms with Gasteiger partial charge in [0.1, 0.15) is 16.3 Å². The summed E-state index contributed by atoms with van der Waals surface area (Å²) >= 11 is 1.36. The molecular weight excluding hydrogens is 438 g/mol. The van der Waals surface area contributed by atoms with E-state index in [1.54, 1.807) is 19.2 Å². The zero-order chi connectivity index (χ0) is 23.3. The van der Waals surface area contributed by atoms with Crippen LogP contribution in [0.25, 0.3) is 11.0 Å². The predicted molar refractivity (Wildman–Crippen MR) is 127 cm³/mol. The van der Waals surface area contributed by atoms with Gasteiger partial charge in [-0.3, -0.25) is 14.5 Å². The van der Waals surface area contributed by atoms with Gasteiger partial charge in [0.05, 0.1) is 24.1 Å². The van der Waals surface area contributed by atoms with Crippen LogP contribution in [0.1, 0.15) is 52.1 Å². The minimum atomic E-state index is -0.691. The van der Waals surface area contributed by atoms with Crippen LogP contribution in [0.3, 0.4) is 0 Å². The highest BCUT2D eigenvalue weighted by atomic mass is 32.1. The van der Waals surface area contributed by atoms with Gasteiger partial charge in [-0.25, -0.2) is 0 Å². The van der Waals surface area contributed by atoms with Crippen LogP contribution in [0, 0.1) is 12.8 Å². The second kappa shape index (κ2) is 8.12. The van der Waals surface area contributed by atoms with Crippen molar-refractivity contribution < 1.29 is 13.9 Å². The average Bonchev–Trinajstić information content (AvgIpc) is 3.36. The van der Waals surface area contributed by atoms with E-state index in [2.05, 4.69) is 24.0 Å². The van der Waals surface area contributed by atoms with Crippen LogP contribution >= 0.6 is 11.3 Å². The molecule has 0 saturated heterocycles. The molecule has 0 radical (unpaired) electrons. The molecule has 1 aliphatic rings. The van der Waals surface area contributed by atoms with Gasteiger partial charge in [0.15, 0.2) is 5.43 Å². The van der Waals surface area contributed by atoms with E-state index in [1.807, 2.05) is 37.3 Å². The lowest BCUT2D eigenvalue weighted by molar-refractivity contribution is 0.0970. The van der Waals surface area contributed by atoms with Crippen LogP contribution in [0.15, 0.2) is 51.7 Å². The Bertz CT molecular complexity index is 1440. The second-order valence-electron chi connectivity index (χ2n) is 8.60. The molecule has 7 nitrogen and oxygen atoms in total. The van der Waals surface area contributed by atoms with Crippen molar-refractivity contribution in [3.63, 3.8) is 0 Å². The molecule has 0 spiro atoms. The van der Waals surface area contributed by atoms with Crippen LogP contribution in [0.5, 0.6) is 5.75 Å². The molecule has 33 heavy (non-hydrogen) atoms. The molecule has 3 heterocycles. The van der Waals surface area contributed by atoms with Gasteiger partial charge < -0.3 is 9.15 Å². The third kappa shape index (κ3) is 3.60. The largest absolute Gasteiger partial charge is 0.497 e. The van der Waals surface area contributed by atoms with Gasteiger partial charge in [-0.1, -0.05) is 48.9 Å². The molecule has 0 aliphatic carbocycles. The van der Waals surface area contributed by atoms with Crippen LogP contribution in [0.4, 0.5) is 5.13 Å². The Morgan fingerprint density at radius 3 is 2.73 bits per heavy atom. The maximum absolute atomic E-state index is 13.7. The van der Waals surface area contributed by atoms with Gasteiger partial charge in [-0.15, -0.1) is 10.2 Å². The van der Waals surface area contributed by atoms with Crippen molar-refractivity contribution >= 4 is 33.3 Å². The number of amides is 1. The number of methoxy groups -OCH3 is 1. The van der Waals surface area contributed by atoms with E-state index in [-0.39, 0.29) is 11.2 Å². The van der Waals surface area contributed by atoms with E-state index in [0.29, 0.717) is 33.3 Å². The Morgan fingerprint density at radius 2 is 1.97 bits per heavy atom. The molecule has 0 bridgehead atoms. The number of anilines is 1. The molecule has 0 N–H and O–H groups in total. The maximum atomic E-state index is 13.7. The number of ether oxygens (including phenoxy) is 1. The fourth-order valence-corrected chi connectivity index (χ4v) is 5.26. The van der Waals surface area contributed by atoms with E-state index in [4.69, 9.17) is 9.15 Å². The Kier molecular flexibility index (Phi) is 5.25. The molecule has 8 heteroatoms. The normalized spacial score (nSPS) is 15.5. The Balaban J connectivity index is 1.75. The molecule has 0 saturated carbocycles. The summed E-state index contributed by atoms with van der Waals surface area (Å²) in [6.07, 6.45) is 0.761. The fraction of sp³-hybridized carbons (Fsp3) is 0.280. The fourth-order valence-electron chi connectivity index (χ4n) is 4.18. The van der Waals surface area contributed by atoms with E-state index in [1.165, 1.54) is 16.2 Å². The molecule has 168 valence electrons. The Labute approximate surface area is 194 Å². The van der Waals surface area contributed by atoms with Crippen LogP contribution in [-0.2, 0) is 6.42 Å². The Hall–Kier alpha value is -3.52. The highest BCUT2D eigenvalue weighted by Crippen LogP contribution is 2.42. The predicted octanol–water partition coefficient (Wildman–Crippen LogP) is 4.91. The van der Waals surface area contributed by atoms with Crippen molar-refractivity contribution in [2.45, 2.75) is 33.2 Å². The lowest BCUT2D eigenvalue weighted by atomic mass is 9.98. The summed E-state index contributed by atoms with van der Waals surface area (Å²) in [5.74, 6) is 0.685. The zero-order valence-electron chi connectivity index (χ0n) is 18.8. The lowest BCUT2D eigenvalue weighted by Gasteiger charge is -2.22. The molecule has 1 aliphatic heterocycles. The van der Waals surface area contributed by atoms with Gasteiger partial charge in [0.2, 0.25) is 10.9 Å². The van der Waals surface area contributed by atoms with Gasteiger partial charge in [-0.2, -0.15) is 0 Å². The smallest absolute Gasteiger partial charge is 0.297 e. The van der Waals surface area contributed by atoms with Crippen molar-refractivity contribution in [3.05, 3.63) is 80.1 Å². The first-order valence-corrected chi connectivity index (χ1v) is 11.6. The SMILES string of the molecule is COc1cccc([C@@H]2c3c(oc4ccc(C)cc4c3=O)C(=O)N2c2nnc(CC(C)C)s2)c1. The van der Waals surface area contributed by atoms with Crippen LogP contribution < -0.4 is 15.1 Å². The van der Waals surface area contributed by atoms with E-state index >= 15 is 0 Å². The molecule has 0 unspecified atom stereocenters. The van der Waals surface area contributed by atoms with Crippen molar-refractivity contribution in [1.29, 1.82) is 0 Å². The molecule has 1 amide bonds. The molecule has 2 aromatic heterocycles.